The molecule has 84 valence electrons. The number of hydrogen-bond acceptors (Lipinski definition) is 5. The summed E-state index contributed by atoms with van der Waals surface area (Å²) < 4.78 is 4.54. The van der Waals surface area contributed by atoms with Crippen LogP contribution < -0.4 is 5.32 Å². The number of hydrogen-bond donors (Lipinski definition) is 3. The Morgan fingerprint density at radius 2 is 2.40 bits per heavy atom. The van der Waals surface area contributed by atoms with E-state index in [0.717, 1.165) is 0 Å². The maximum Gasteiger partial charge on any atom is 0.216 e. The van der Waals surface area contributed by atoms with Gasteiger partial charge in [0.25, 0.3) is 0 Å². The zero-order valence-corrected chi connectivity index (χ0v) is 8.38. The summed E-state index contributed by atoms with van der Waals surface area (Å²) in [5.74, 6) is -0.165. The summed E-state index contributed by atoms with van der Waals surface area (Å²) in [6, 6.07) is 0. The second kappa shape index (κ2) is 5.47. The van der Waals surface area contributed by atoms with E-state index >= 15 is 0 Å². The molecule has 6 heteroatoms. The van der Waals surface area contributed by atoms with Gasteiger partial charge in [0, 0.05) is 19.0 Å². The van der Waals surface area contributed by atoms with Crippen molar-refractivity contribution in [2.75, 3.05) is 6.54 Å². The first-order valence-corrected chi connectivity index (χ1v) is 4.61. The predicted molar refractivity (Wildman–Crippen MR) is 50.8 cm³/mol. The molecule has 2 unspecified atom stereocenters. The lowest BCUT2D eigenvalue weighted by Crippen LogP contribution is -2.27. The van der Waals surface area contributed by atoms with Gasteiger partial charge in [-0.2, -0.15) is 0 Å². The van der Waals surface area contributed by atoms with Crippen LogP contribution in [-0.2, 0) is 4.79 Å². The lowest BCUT2D eigenvalue weighted by molar-refractivity contribution is -0.119. The highest BCUT2D eigenvalue weighted by Gasteiger charge is 2.19. The predicted octanol–water partition coefficient (Wildman–Crippen LogP) is -0.405. The summed E-state index contributed by atoms with van der Waals surface area (Å²) in [6.45, 7) is 1.71. The standard InChI is InChI=1S/C9H14N2O4/c1-6(12)10-3-2-8(13)9(14)7-4-11-15-5-7/h4-5,8-9,13-14H,2-3H2,1H3,(H,10,12). The van der Waals surface area contributed by atoms with Crippen molar-refractivity contribution in [3.8, 4) is 0 Å². The first-order valence-electron chi connectivity index (χ1n) is 4.61. The molecular weight excluding hydrogens is 200 g/mol. The minimum absolute atomic E-state index is 0.165. The van der Waals surface area contributed by atoms with E-state index in [4.69, 9.17) is 0 Å². The molecule has 0 fully saturated rings. The van der Waals surface area contributed by atoms with Gasteiger partial charge in [0.15, 0.2) is 0 Å². The highest BCUT2D eigenvalue weighted by Crippen LogP contribution is 2.17. The second-order valence-electron chi connectivity index (χ2n) is 3.24. The summed E-state index contributed by atoms with van der Waals surface area (Å²) in [5.41, 5.74) is 0.422. The van der Waals surface area contributed by atoms with Gasteiger partial charge in [-0.25, -0.2) is 0 Å². The molecule has 0 aromatic carbocycles. The normalized spacial score (nSPS) is 14.6. The van der Waals surface area contributed by atoms with Crippen molar-refractivity contribution in [3.05, 3.63) is 18.0 Å². The van der Waals surface area contributed by atoms with E-state index < -0.39 is 12.2 Å². The average Bonchev–Trinajstić information content (AvgIpc) is 2.68. The molecule has 0 spiro atoms. The smallest absolute Gasteiger partial charge is 0.216 e. The topological polar surface area (TPSA) is 95.6 Å². The fourth-order valence-electron chi connectivity index (χ4n) is 1.14. The summed E-state index contributed by atoms with van der Waals surface area (Å²) >= 11 is 0. The van der Waals surface area contributed by atoms with Crippen molar-refractivity contribution in [1.29, 1.82) is 0 Å². The molecule has 1 amide bonds. The third kappa shape index (κ3) is 3.69. The first kappa shape index (κ1) is 11.7. The summed E-state index contributed by atoms with van der Waals surface area (Å²) in [4.78, 5) is 10.5. The van der Waals surface area contributed by atoms with E-state index in [0.29, 0.717) is 12.1 Å². The summed E-state index contributed by atoms with van der Waals surface area (Å²) in [6.07, 6.45) is 0.895. The van der Waals surface area contributed by atoms with Crippen LogP contribution in [0.3, 0.4) is 0 Å². The molecule has 15 heavy (non-hydrogen) atoms. The minimum Gasteiger partial charge on any atom is -0.390 e. The summed E-state index contributed by atoms with van der Waals surface area (Å²) in [5, 5.41) is 25.1. The zero-order chi connectivity index (χ0) is 11.3. The van der Waals surface area contributed by atoms with Crippen molar-refractivity contribution < 1.29 is 19.5 Å². The maximum absolute atomic E-state index is 10.5. The molecule has 0 aliphatic carbocycles. The number of aliphatic hydroxyl groups is 2. The molecule has 1 aromatic rings. The highest BCUT2D eigenvalue weighted by molar-refractivity contribution is 5.72. The number of nitrogens with zero attached hydrogens (tertiary/aromatic N) is 1. The van der Waals surface area contributed by atoms with E-state index in [9.17, 15) is 15.0 Å². The van der Waals surface area contributed by atoms with Crippen LogP contribution in [0.4, 0.5) is 0 Å². The fourth-order valence-corrected chi connectivity index (χ4v) is 1.14. The van der Waals surface area contributed by atoms with Crippen molar-refractivity contribution >= 4 is 5.91 Å². The molecule has 0 saturated carbocycles. The molecule has 1 rings (SSSR count). The van der Waals surface area contributed by atoms with Crippen LogP contribution in [0.15, 0.2) is 17.0 Å². The van der Waals surface area contributed by atoms with Gasteiger partial charge in [-0.3, -0.25) is 4.79 Å². The average molecular weight is 214 g/mol. The minimum atomic E-state index is -1.04. The molecule has 1 aromatic heterocycles. The number of amides is 1. The Kier molecular flexibility index (Phi) is 4.26. The van der Waals surface area contributed by atoms with Crippen LogP contribution in [-0.4, -0.2) is 33.9 Å². The van der Waals surface area contributed by atoms with Crippen molar-refractivity contribution in [2.45, 2.75) is 25.6 Å². The van der Waals surface area contributed by atoms with Crippen LogP contribution in [0, 0.1) is 0 Å². The highest BCUT2D eigenvalue weighted by atomic mass is 16.5. The van der Waals surface area contributed by atoms with E-state index in [-0.39, 0.29) is 12.3 Å². The Balaban J connectivity index is 2.33. The van der Waals surface area contributed by atoms with Crippen molar-refractivity contribution in [3.63, 3.8) is 0 Å². The van der Waals surface area contributed by atoms with E-state index in [1.165, 1.54) is 19.4 Å². The van der Waals surface area contributed by atoms with Crippen LogP contribution >= 0.6 is 0 Å². The second-order valence-corrected chi connectivity index (χ2v) is 3.24. The third-order valence-electron chi connectivity index (χ3n) is 1.97. The Morgan fingerprint density at radius 3 is 2.93 bits per heavy atom. The Morgan fingerprint density at radius 1 is 1.67 bits per heavy atom. The molecule has 6 nitrogen and oxygen atoms in total. The van der Waals surface area contributed by atoms with Gasteiger partial charge in [0.2, 0.25) is 5.91 Å². The number of nitrogens with one attached hydrogen (secondary N) is 1. The fraction of sp³-hybridized carbons (Fsp3) is 0.556. The van der Waals surface area contributed by atoms with Crippen LogP contribution in [0.2, 0.25) is 0 Å². The van der Waals surface area contributed by atoms with Gasteiger partial charge in [0.1, 0.15) is 12.4 Å². The van der Waals surface area contributed by atoms with Crippen molar-refractivity contribution in [1.82, 2.24) is 10.5 Å². The van der Waals surface area contributed by atoms with E-state index in [2.05, 4.69) is 15.0 Å². The molecule has 0 radical (unpaired) electrons. The molecule has 3 N–H and O–H groups in total. The number of rotatable bonds is 5. The van der Waals surface area contributed by atoms with Crippen LogP contribution in [0.25, 0.3) is 0 Å². The molecular formula is C9H14N2O4. The van der Waals surface area contributed by atoms with Crippen molar-refractivity contribution in [2.24, 2.45) is 0 Å². The van der Waals surface area contributed by atoms with Gasteiger partial charge in [-0.15, -0.1) is 0 Å². The largest absolute Gasteiger partial charge is 0.390 e. The summed E-state index contributed by atoms with van der Waals surface area (Å²) in [7, 11) is 0. The molecule has 0 aliphatic heterocycles. The molecule has 0 aliphatic rings. The van der Waals surface area contributed by atoms with E-state index in [1.807, 2.05) is 0 Å². The molecule has 1 heterocycles. The Labute approximate surface area is 86.9 Å². The number of aliphatic hydroxyl groups excluding tert-OH is 2. The first-order chi connectivity index (χ1) is 7.11. The van der Waals surface area contributed by atoms with Gasteiger partial charge in [-0.1, -0.05) is 5.16 Å². The van der Waals surface area contributed by atoms with Gasteiger partial charge in [0.05, 0.1) is 12.3 Å². The number of carbonyl (C=O) groups excluding carboxylic acids is 1. The lowest BCUT2D eigenvalue weighted by atomic mass is 10.1. The zero-order valence-electron chi connectivity index (χ0n) is 8.38. The number of aromatic nitrogens is 1. The molecule has 0 bridgehead atoms. The Bertz CT molecular complexity index is 299. The molecule has 2 atom stereocenters. The quantitative estimate of drug-likeness (QED) is 0.619. The van der Waals surface area contributed by atoms with E-state index in [1.54, 1.807) is 0 Å². The van der Waals surface area contributed by atoms with Gasteiger partial charge in [-0.05, 0) is 6.42 Å². The monoisotopic (exact) mass is 214 g/mol. The van der Waals surface area contributed by atoms with Gasteiger partial charge < -0.3 is 20.1 Å². The lowest BCUT2D eigenvalue weighted by Gasteiger charge is -2.15. The molecule has 0 saturated heterocycles. The Hall–Kier alpha value is -1.40. The third-order valence-corrected chi connectivity index (χ3v) is 1.97. The van der Waals surface area contributed by atoms with Crippen LogP contribution in [0.5, 0.6) is 0 Å². The maximum atomic E-state index is 10.5. The SMILES string of the molecule is CC(=O)NCCC(O)C(O)c1cnoc1. The van der Waals surface area contributed by atoms with Crippen LogP contribution in [0.1, 0.15) is 25.0 Å². The van der Waals surface area contributed by atoms with Gasteiger partial charge >= 0.3 is 0 Å². The number of carbonyl (C=O) groups is 1.